The molecule has 0 aliphatic carbocycles. The molecule has 308 valence electrons. The fourth-order valence-electron chi connectivity index (χ4n) is 8.21. The summed E-state index contributed by atoms with van der Waals surface area (Å²) >= 11 is 0. The highest BCUT2D eigenvalue weighted by atomic mass is 16.5. The van der Waals surface area contributed by atoms with Crippen LogP contribution in [0.3, 0.4) is 0 Å². The summed E-state index contributed by atoms with van der Waals surface area (Å²) in [4.78, 5) is 3.54. The second-order valence-corrected chi connectivity index (χ2v) is 18.0. The van der Waals surface area contributed by atoms with Crippen LogP contribution in [0, 0.1) is 0 Å². The van der Waals surface area contributed by atoms with Crippen molar-refractivity contribution in [1.82, 2.24) is 0 Å². The predicted molar refractivity (Wildman–Crippen MR) is 260 cm³/mol. The first-order chi connectivity index (χ1) is 37.9. The van der Waals surface area contributed by atoms with Crippen molar-refractivity contribution in [2.45, 2.75) is 130 Å². The third-order valence-corrected chi connectivity index (χ3v) is 11.6. The van der Waals surface area contributed by atoms with Crippen LogP contribution in [0.4, 0.5) is 34.1 Å². The first kappa shape index (κ1) is 21.5. The van der Waals surface area contributed by atoms with Gasteiger partial charge in [-0.1, -0.05) is 164 Å². The Balaban J connectivity index is 1.50. The van der Waals surface area contributed by atoms with Gasteiger partial charge in [0.1, 0.15) is 11.5 Å². The van der Waals surface area contributed by atoms with Crippen LogP contribution < -0.4 is 30.9 Å². The van der Waals surface area contributed by atoms with Gasteiger partial charge in [0.05, 0.1) is 5.69 Å². The van der Waals surface area contributed by atoms with Crippen LogP contribution in [0.5, 0.6) is 11.5 Å². The average Bonchev–Trinajstić information content (AvgIpc) is 0.737. The van der Waals surface area contributed by atoms with Crippen LogP contribution in [0.1, 0.15) is 164 Å². The van der Waals surface area contributed by atoms with E-state index in [0.717, 1.165) is 19.1 Å². The van der Waals surface area contributed by atoms with E-state index in [9.17, 15) is 0 Å². The van der Waals surface area contributed by atoms with Crippen molar-refractivity contribution in [2.75, 3.05) is 9.80 Å². The molecule has 8 rings (SSSR count). The molecule has 6 aromatic rings. The number of fused-ring (bicyclic) bond motifs is 4. The van der Waals surface area contributed by atoms with Crippen LogP contribution in [0.15, 0.2) is 121 Å². The topological polar surface area (TPSA) is 15.7 Å². The minimum atomic E-state index is -3.58. The number of benzene rings is 6. The third-order valence-electron chi connectivity index (χ3n) is 11.6. The van der Waals surface area contributed by atoms with E-state index in [-0.39, 0.29) is 22.7 Å². The van der Waals surface area contributed by atoms with Gasteiger partial charge in [-0.3, -0.25) is 0 Å². The van der Waals surface area contributed by atoms with Crippen LogP contribution >= 0.6 is 0 Å². The van der Waals surface area contributed by atoms with Gasteiger partial charge in [-0.05, 0) is 126 Å². The van der Waals surface area contributed by atoms with Gasteiger partial charge in [-0.15, -0.1) is 0 Å². The summed E-state index contributed by atoms with van der Waals surface area (Å²) < 4.78 is 211. The first-order valence-corrected chi connectivity index (χ1v) is 20.0. The smallest absolute Gasteiger partial charge is 0.256 e. The Morgan fingerprint density at radius 1 is 0.433 bits per heavy atom. The number of hydrogen-bond donors (Lipinski definition) is 0. The monoisotopic (exact) mass is 817 g/mol. The second-order valence-electron chi connectivity index (χ2n) is 18.0. The van der Waals surface area contributed by atoms with Gasteiger partial charge in [-0.25, -0.2) is 0 Å². The zero-order chi connectivity index (χ0) is 63.3. The molecule has 60 heavy (non-hydrogen) atoms. The molecular weight excluding hydrogens is 727 g/mol. The van der Waals surface area contributed by atoms with Crippen molar-refractivity contribution in [3.8, 4) is 11.5 Å². The molecule has 2 aliphatic rings. The summed E-state index contributed by atoms with van der Waals surface area (Å²) in [6.45, 7) is -14.5. The molecule has 0 atom stereocenters. The summed E-state index contributed by atoms with van der Waals surface area (Å²) in [6.07, 6.45) is 0. The van der Waals surface area contributed by atoms with E-state index in [2.05, 4.69) is 0 Å². The molecule has 0 spiro atoms. The normalized spacial score (nSPS) is 21.6. The Kier molecular flexibility index (Phi) is 5.09. The van der Waals surface area contributed by atoms with Crippen LogP contribution in [0.25, 0.3) is 0 Å². The molecule has 6 aromatic carbocycles. The van der Waals surface area contributed by atoms with E-state index in [0.29, 0.717) is 61.5 Å². The van der Waals surface area contributed by atoms with Crippen molar-refractivity contribution >= 4 is 57.2 Å². The zero-order valence-corrected chi connectivity index (χ0v) is 34.9. The lowest BCUT2D eigenvalue weighted by atomic mass is 9.33. The minimum absolute atomic E-state index is 0.0545. The SMILES string of the molecule is [2H]C([2H])([2H])C(C)(C)c1ccc(N(c2ccc(C(C([2H])([2H])[2H])(C([2H])([2H])[2H])C([2H])([2H])[2H])cc2)c2cc3c4c(c2)N(c2ccc(C(C)(C)C([2H])([2H])[2H])cc2)c2ccc(C(C)(C)C([2H])([2H])[2H])cc2B4c2cc(C(C)(C([2H])([2H])[2H])C([2H])([2H])[2H])ccc2O3)cc1. The summed E-state index contributed by atoms with van der Waals surface area (Å²) in [5.41, 5.74) is -5.63. The maximum Gasteiger partial charge on any atom is 0.256 e. The van der Waals surface area contributed by atoms with Crippen LogP contribution in [-0.2, 0) is 27.1 Å². The molecule has 4 heteroatoms. The average molecular weight is 817 g/mol. The van der Waals surface area contributed by atoms with Crippen molar-refractivity contribution in [1.29, 1.82) is 0 Å². The molecule has 0 unspecified atom stereocenters. The Bertz CT molecular complexity index is 3420. The van der Waals surface area contributed by atoms with Gasteiger partial charge in [-0.2, -0.15) is 0 Å². The predicted octanol–water partition coefficient (Wildman–Crippen LogP) is 14.0. The maximum absolute atomic E-state index is 8.64. The molecule has 3 nitrogen and oxygen atoms in total. The quantitative estimate of drug-likeness (QED) is 0.165. The Morgan fingerprint density at radius 2 is 0.900 bits per heavy atom. The summed E-state index contributed by atoms with van der Waals surface area (Å²) in [5.74, 6) is 0.364. The molecule has 0 radical (unpaired) electrons. The van der Waals surface area contributed by atoms with Gasteiger partial charge in [0.2, 0.25) is 0 Å². The maximum atomic E-state index is 8.64. The summed E-state index contributed by atoms with van der Waals surface area (Å²) in [7, 11) is 0. The molecule has 0 bridgehead atoms. The lowest BCUT2D eigenvalue weighted by Crippen LogP contribution is -2.60. The Morgan fingerprint density at radius 3 is 1.47 bits per heavy atom. The molecule has 0 N–H and O–H groups in total. The van der Waals surface area contributed by atoms with Crippen molar-refractivity contribution in [3.05, 3.63) is 149 Å². The minimum Gasteiger partial charge on any atom is -0.458 e. The molecule has 2 aliphatic heterocycles. The largest absolute Gasteiger partial charge is 0.458 e. The van der Waals surface area contributed by atoms with Gasteiger partial charge in [0, 0.05) is 67.4 Å². The van der Waals surface area contributed by atoms with E-state index in [1.54, 1.807) is 125 Å². The van der Waals surface area contributed by atoms with Crippen molar-refractivity contribution < 1.29 is 37.6 Å². The molecular formula is C56H65BN2O. The second kappa shape index (κ2) is 14.2. The van der Waals surface area contributed by atoms with Gasteiger partial charge in [0.25, 0.3) is 6.71 Å². The van der Waals surface area contributed by atoms with Crippen LogP contribution in [0.2, 0.25) is 0 Å². The number of anilines is 6. The van der Waals surface area contributed by atoms with Gasteiger partial charge in [0.15, 0.2) is 0 Å². The molecule has 0 saturated heterocycles. The van der Waals surface area contributed by atoms with E-state index in [4.69, 9.17) is 37.6 Å². The van der Waals surface area contributed by atoms with Crippen molar-refractivity contribution in [3.63, 3.8) is 0 Å². The number of rotatable bonds is 4. The zero-order valence-electron chi connectivity index (χ0n) is 58.9. The molecule has 0 saturated carbocycles. The molecule has 0 aromatic heterocycles. The number of ether oxygens (including phenoxy) is 1. The Hall–Kier alpha value is -5.22. The lowest BCUT2D eigenvalue weighted by Gasteiger charge is -2.42. The van der Waals surface area contributed by atoms with E-state index in [1.807, 2.05) is 4.90 Å². The highest BCUT2D eigenvalue weighted by Crippen LogP contribution is 2.47. The highest BCUT2D eigenvalue weighted by Gasteiger charge is 2.43. The fourth-order valence-corrected chi connectivity index (χ4v) is 8.21. The van der Waals surface area contributed by atoms with Crippen LogP contribution in [-0.4, -0.2) is 6.71 Å². The number of hydrogen-bond acceptors (Lipinski definition) is 3. The summed E-state index contributed by atoms with van der Waals surface area (Å²) in [6, 6.07) is 31.4. The molecule has 2 heterocycles. The standard InChI is InChI=1S/C56H65BN2O/c1-52(2,3)36-16-24-41(25-17-36)58(42-26-18-37(19-27-42)53(4,5)6)44-34-48-51-50(35-44)60-49-31-23-40(56(13,14)15)33-46(49)57(51)45-32-39(55(10,11)12)22-30-47(45)59(48)43-28-20-38(21-29-43)54(7,8)9/h16-35H,1-15H3/i1D3,2D3,3D3,4D3,7D3,10D3,13D3,14D3. The Labute approximate surface area is 395 Å². The van der Waals surface area contributed by atoms with Gasteiger partial charge < -0.3 is 14.5 Å². The molecule has 0 amide bonds. The summed E-state index contributed by atoms with van der Waals surface area (Å²) in [5, 5.41) is 0. The molecule has 0 fully saturated rings. The highest BCUT2D eigenvalue weighted by molar-refractivity contribution is 6.99. The van der Waals surface area contributed by atoms with Gasteiger partial charge >= 0.3 is 0 Å². The van der Waals surface area contributed by atoms with Crippen molar-refractivity contribution in [2.24, 2.45) is 0 Å². The number of nitrogens with zero attached hydrogens (tertiary/aromatic N) is 2. The third kappa shape index (κ3) is 7.57. The van der Waals surface area contributed by atoms with E-state index < -0.39 is 94.2 Å². The lowest BCUT2D eigenvalue weighted by molar-refractivity contribution is 0.486. The first-order valence-electron chi connectivity index (χ1n) is 32.0. The van der Waals surface area contributed by atoms with E-state index >= 15 is 0 Å². The van der Waals surface area contributed by atoms with E-state index in [1.165, 1.54) is 30.3 Å². The fraction of sp³-hybridized carbons (Fsp3) is 0.357.